The topological polar surface area (TPSA) is 71.3 Å². The number of carbonyl (C=O) groups excluding carboxylic acids is 1. The molecule has 1 amide bonds. The number of rotatable bonds is 4. The summed E-state index contributed by atoms with van der Waals surface area (Å²) in [4.78, 5) is 22.7. The maximum atomic E-state index is 13.6. The number of carboxylic acid groups (broad SMARTS) is 1. The van der Waals surface area contributed by atoms with Crippen LogP contribution in [0.5, 0.6) is 0 Å². The average Bonchev–Trinajstić information content (AvgIpc) is 2.81. The Hall–Kier alpha value is -2.63. The molecule has 0 radical (unpaired) electrons. The number of hydrogen-bond donors (Lipinski definition) is 2. The zero-order chi connectivity index (χ0) is 14.7. The summed E-state index contributed by atoms with van der Waals surface area (Å²) in [6, 6.07) is 7.38. The molecule has 0 saturated carbocycles. The van der Waals surface area contributed by atoms with E-state index in [9.17, 15) is 14.0 Å². The van der Waals surface area contributed by atoms with Gasteiger partial charge in [-0.3, -0.25) is 4.79 Å². The van der Waals surface area contributed by atoms with E-state index >= 15 is 0 Å². The number of benzene rings is 1. The van der Waals surface area contributed by atoms with Crippen molar-refractivity contribution in [3.63, 3.8) is 0 Å². The molecule has 5 nitrogen and oxygen atoms in total. The number of hydrogen-bond acceptors (Lipinski definition) is 2. The van der Waals surface area contributed by atoms with E-state index in [1.807, 2.05) is 0 Å². The lowest BCUT2D eigenvalue weighted by atomic mass is 10.2. The van der Waals surface area contributed by atoms with Gasteiger partial charge in [0.2, 0.25) is 5.91 Å². The van der Waals surface area contributed by atoms with Crippen LogP contribution in [-0.2, 0) is 11.3 Å². The van der Waals surface area contributed by atoms with Crippen LogP contribution < -0.4 is 5.32 Å². The zero-order valence-corrected chi connectivity index (χ0v) is 10.8. The number of nitrogens with zero attached hydrogens (tertiary/aromatic N) is 1. The van der Waals surface area contributed by atoms with Gasteiger partial charge in [0.25, 0.3) is 0 Å². The third-order valence-electron chi connectivity index (χ3n) is 2.76. The summed E-state index contributed by atoms with van der Waals surface area (Å²) >= 11 is 0. The Balaban J connectivity index is 2.09. The fraction of sp³-hybridized carbons (Fsp3) is 0.143. The summed E-state index contributed by atoms with van der Waals surface area (Å²) in [5.74, 6) is -2.14. The highest BCUT2D eigenvalue weighted by atomic mass is 19.1. The van der Waals surface area contributed by atoms with Crippen molar-refractivity contribution in [2.45, 2.75) is 13.5 Å². The zero-order valence-electron chi connectivity index (χ0n) is 10.8. The summed E-state index contributed by atoms with van der Waals surface area (Å²) < 4.78 is 14.9. The first-order valence-electron chi connectivity index (χ1n) is 5.92. The van der Waals surface area contributed by atoms with Crippen LogP contribution >= 0.6 is 0 Å². The lowest BCUT2D eigenvalue weighted by molar-refractivity contribution is -0.116. The normalized spacial score (nSPS) is 10.3. The van der Waals surface area contributed by atoms with E-state index < -0.39 is 17.7 Å². The van der Waals surface area contributed by atoms with Gasteiger partial charge in [-0.15, -0.1) is 0 Å². The second-order valence-corrected chi connectivity index (χ2v) is 4.36. The van der Waals surface area contributed by atoms with E-state index in [0.717, 1.165) is 5.56 Å². The van der Waals surface area contributed by atoms with Crippen LogP contribution in [0, 0.1) is 12.7 Å². The largest absolute Gasteiger partial charge is 0.477 e. The lowest BCUT2D eigenvalue weighted by Gasteiger charge is -2.09. The van der Waals surface area contributed by atoms with E-state index in [-0.39, 0.29) is 17.9 Å². The fourth-order valence-electron chi connectivity index (χ4n) is 1.81. The number of amides is 1. The highest BCUT2D eigenvalue weighted by molar-refractivity contribution is 5.92. The number of aryl methyl sites for hydroxylation is 1. The second kappa shape index (κ2) is 5.56. The van der Waals surface area contributed by atoms with Gasteiger partial charge in [0.15, 0.2) is 0 Å². The molecule has 1 aromatic carbocycles. The molecule has 104 valence electrons. The predicted octanol–water partition coefficient (Wildman–Crippen LogP) is 2.27. The fourth-order valence-corrected chi connectivity index (χ4v) is 1.81. The highest BCUT2D eigenvalue weighted by Crippen LogP contribution is 2.15. The Morgan fingerprint density at radius 2 is 2.10 bits per heavy atom. The number of aromatic nitrogens is 1. The number of nitrogens with one attached hydrogen (secondary N) is 1. The van der Waals surface area contributed by atoms with Gasteiger partial charge < -0.3 is 15.0 Å². The van der Waals surface area contributed by atoms with E-state index in [0.29, 0.717) is 0 Å². The van der Waals surface area contributed by atoms with Crippen LogP contribution in [0.4, 0.5) is 10.1 Å². The molecule has 0 saturated heterocycles. The smallest absolute Gasteiger partial charge is 0.352 e. The molecule has 1 heterocycles. The van der Waals surface area contributed by atoms with Crippen molar-refractivity contribution < 1.29 is 19.1 Å². The molecule has 0 atom stereocenters. The Kier molecular flexibility index (Phi) is 3.84. The van der Waals surface area contributed by atoms with Crippen LogP contribution in [0.2, 0.25) is 0 Å². The minimum Gasteiger partial charge on any atom is -0.477 e. The summed E-state index contributed by atoms with van der Waals surface area (Å²) in [6.07, 6.45) is 1.48. The van der Waals surface area contributed by atoms with E-state index in [1.165, 1.54) is 35.0 Å². The van der Waals surface area contributed by atoms with Gasteiger partial charge in [0.05, 0.1) is 5.69 Å². The van der Waals surface area contributed by atoms with Gasteiger partial charge in [0.1, 0.15) is 18.1 Å². The molecule has 0 aliphatic carbocycles. The molecule has 0 bridgehead atoms. The quantitative estimate of drug-likeness (QED) is 0.899. The van der Waals surface area contributed by atoms with Gasteiger partial charge in [0, 0.05) is 6.20 Å². The number of halogens is 1. The molecule has 1 aromatic heterocycles. The van der Waals surface area contributed by atoms with Gasteiger partial charge in [-0.2, -0.15) is 0 Å². The number of anilines is 1. The van der Waals surface area contributed by atoms with Crippen molar-refractivity contribution in [2.75, 3.05) is 5.32 Å². The molecular formula is C14H13FN2O3. The van der Waals surface area contributed by atoms with Gasteiger partial charge in [-0.1, -0.05) is 6.07 Å². The molecule has 0 fully saturated rings. The summed E-state index contributed by atoms with van der Waals surface area (Å²) in [5.41, 5.74) is 0.827. The summed E-state index contributed by atoms with van der Waals surface area (Å²) in [7, 11) is 0. The van der Waals surface area contributed by atoms with Crippen molar-refractivity contribution in [3.8, 4) is 0 Å². The SMILES string of the molecule is Cc1ccc(NC(=O)Cn2cccc2C(=O)O)c(F)c1. The Labute approximate surface area is 114 Å². The van der Waals surface area contributed by atoms with Crippen LogP contribution in [0.15, 0.2) is 36.5 Å². The van der Waals surface area contributed by atoms with Crippen molar-refractivity contribution >= 4 is 17.6 Å². The molecule has 20 heavy (non-hydrogen) atoms. The monoisotopic (exact) mass is 276 g/mol. The third-order valence-corrected chi connectivity index (χ3v) is 2.76. The second-order valence-electron chi connectivity index (χ2n) is 4.36. The lowest BCUT2D eigenvalue weighted by Crippen LogP contribution is -2.21. The summed E-state index contributed by atoms with van der Waals surface area (Å²) in [6.45, 7) is 1.55. The van der Waals surface area contributed by atoms with Crippen LogP contribution in [0.1, 0.15) is 16.1 Å². The third kappa shape index (κ3) is 3.03. The number of aromatic carboxylic acids is 1. The molecule has 2 aromatic rings. The van der Waals surface area contributed by atoms with Crippen molar-refractivity contribution in [1.82, 2.24) is 4.57 Å². The standard InChI is InChI=1S/C14H13FN2O3/c1-9-4-5-11(10(15)7-9)16-13(18)8-17-6-2-3-12(17)14(19)20/h2-7H,8H2,1H3,(H,16,18)(H,19,20). The minimum atomic E-state index is -1.12. The molecule has 0 unspecified atom stereocenters. The Bertz CT molecular complexity index is 664. The van der Waals surface area contributed by atoms with Crippen molar-refractivity contribution in [3.05, 3.63) is 53.6 Å². The Morgan fingerprint density at radius 1 is 1.35 bits per heavy atom. The number of carbonyl (C=O) groups is 2. The molecule has 2 N–H and O–H groups in total. The first-order valence-corrected chi connectivity index (χ1v) is 5.92. The maximum absolute atomic E-state index is 13.6. The van der Waals surface area contributed by atoms with E-state index in [2.05, 4.69) is 5.32 Å². The van der Waals surface area contributed by atoms with Gasteiger partial charge >= 0.3 is 5.97 Å². The van der Waals surface area contributed by atoms with Gasteiger partial charge in [-0.25, -0.2) is 9.18 Å². The molecule has 0 aliphatic heterocycles. The van der Waals surface area contributed by atoms with Crippen LogP contribution in [-0.4, -0.2) is 21.6 Å². The van der Waals surface area contributed by atoms with E-state index in [4.69, 9.17) is 5.11 Å². The molecule has 6 heteroatoms. The number of carboxylic acids is 1. The molecule has 0 aliphatic rings. The molecule has 2 rings (SSSR count). The predicted molar refractivity (Wildman–Crippen MR) is 71.2 cm³/mol. The van der Waals surface area contributed by atoms with Crippen LogP contribution in [0.25, 0.3) is 0 Å². The molecule has 0 spiro atoms. The highest BCUT2D eigenvalue weighted by Gasteiger charge is 2.12. The van der Waals surface area contributed by atoms with E-state index in [1.54, 1.807) is 13.0 Å². The Morgan fingerprint density at radius 3 is 2.75 bits per heavy atom. The summed E-state index contributed by atoms with van der Waals surface area (Å²) in [5, 5.41) is 11.3. The van der Waals surface area contributed by atoms with Crippen LogP contribution in [0.3, 0.4) is 0 Å². The van der Waals surface area contributed by atoms with Crippen molar-refractivity contribution in [1.29, 1.82) is 0 Å². The first kappa shape index (κ1) is 13.8. The van der Waals surface area contributed by atoms with Gasteiger partial charge in [-0.05, 0) is 36.8 Å². The average molecular weight is 276 g/mol. The van der Waals surface area contributed by atoms with Crippen molar-refractivity contribution in [2.24, 2.45) is 0 Å². The maximum Gasteiger partial charge on any atom is 0.352 e. The molecular weight excluding hydrogens is 263 g/mol. The first-order chi connectivity index (χ1) is 9.47. The minimum absolute atomic E-state index is 0.00419.